The second-order valence-corrected chi connectivity index (χ2v) is 5.32. The van der Waals surface area contributed by atoms with Gasteiger partial charge in [0.2, 0.25) is 0 Å². The van der Waals surface area contributed by atoms with Crippen molar-refractivity contribution < 1.29 is 4.79 Å². The maximum absolute atomic E-state index is 12.1. The van der Waals surface area contributed by atoms with Crippen LogP contribution in [-0.4, -0.2) is 30.1 Å². The van der Waals surface area contributed by atoms with Crippen molar-refractivity contribution in [1.82, 2.24) is 10.2 Å². The van der Waals surface area contributed by atoms with Crippen LogP contribution in [0.25, 0.3) is 0 Å². The molecule has 1 aromatic carbocycles. The molecule has 104 valence electrons. The quantitative estimate of drug-likeness (QED) is 0.875. The SMILES string of the molecule is CN(C(=O)NCc1ccccc1)C1CCC(N)CC1. The molecule has 1 saturated carbocycles. The van der Waals surface area contributed by atoms with Gasteiger partial charge in [0.15, 0.2) is 0 Å². The van der Waals surface area contributed by atoms with E-state index in [9.17, 15) is 4.79 Å². The molecule has 0 unspecified atom stereocenters. The molecule has 1 fully saturated rings. The smallest absolute Gasteiger partial charge is 0.317 e. The van der Waals surface area contributed by atoms with E-state index in [1.165, 1.54) is 0 Å². The third-order valence-corrected chi connectivity index (χ3v) is 3.90. The highest BCUT2D eigenvalue weighted by molar-refractivity contribution is 5.74. The number of amides is 2. The second kappa shape index (κ2) is 6.57. The third kappa shape index (κ3) is 3.96. The summed E-state index contributed by atoms with van der Waals surface area (Å²) in [7, 11) is 1.88. The van der Waals surface area contributed by atoms with Gasteiger partial charge in [-0.2, -0.15) is 0 Å². The molecule has 19 heavy (non-hydrogen) atoms. The molecule has 1 aliphatic carbocycles. The second-order valence-electron chi connectivity index (χ2n) is 5.32. The molecule has 0 spiro atoms. The summed E-state index contributed by atoms with van der Waals surface area (Å²) in [6.45, 7) is 0.580. The summed E-state index contributed by atoms with van der Waals surface area (Å²) in [6.07, 6.45) is 4.05. The van der Waals surface area contributed by atoms with Crippen LogP contribution in [0.15, 0.2) is 30.3 Å². The number of hydrogen-bond acceptors (Lipinski definition) is 2. The Hall–Kier alpha value is -1.55. The molecule has 0 heterocycles. The van der Waals surface area contributed by atoms with Gasteiger partial charge in [-0.3, -0.25) is 0 Å². The van der Waals surface area contributed by atoms with Crippen LogP contribution in [0.2, 0.25) is 0 Å². The number of nitrogens with two attached hydrogens (primary N) is 1. The molecule has 2 rings (SSSR count). The fourth-order valence-electron chi connectivity index (χ4n) is 2.55. The summed E-state index contributed by atoms with van der Waals surface area (Å²) >= 11 is 0. The van der Waals surface area contributed by atoms with Crippen molar-refractivity contribution in [2.75, 3.05) is 7.05 Å². The lowest BCUT2D eigenvalue weighted by molar-refractivity contribution is 0.169. The van der Waals surface area contributed by atoms with Gasteiger partial charge in [0.25, 0.3) is 0 Å². The Balaban J connectivity index is 1.79. The summed E-state index contributed by atoms with van der Waals surface area (Å²) in [4.78, 5) is 13.9. The normalized spacial score (nSPS) is 22.8. The predicted molar refractivity (Wildman–Crippen MR) is 76.7 cm³/mol. The maximum Gasteiger partial charge on any atom is 0.317 e. The van der Waals surface area contributed by atoms with E-state index < -0.39 is 0 Å². The Morgan fingerprint density at radius 1 is 1.26 bits per heavy atom. The van der Waals surface area contributed by atoms with Gasteiger partial charge >= 0.3 is 6.03 Å². The molecule has 0 bridgehead atoms. The Morgan fingerprint density at radius 3 is 2.53 bits per heavy atom. The van der Waals surface area contributed by atoms with Crippen LogP contribution >= 0.6 is 0 Å². The first-order valence-electron chi connectivity index (χ1n) is 6.97. The number of hydrogen-bond donors (Lipinski definition) is 2. The van der Waals surface area contributed by atoms with Crippen molar-refractivity contribution in [1.29, 1.82) is 0 Å². The number of nitrogens with one attached hydrogen (secondary N) is 1. The van der Waals surface area contributed by atoms with Gasteiger partial charge in [0, 0.05) is 25.7 Å². The summed E-state index contributed by atoms with van der Waals surface area (Å²) in [5.74, 6) is 0. The molecule has 0 aromatic heterocycles. The topological polar surface area (TPSA) is 58.4 Å². The van der Waals surface area contributed by atoms with Crippen LogP contribution in [0.1, 0.15) is 31.2 Å². The number of carbonyl (C=O) groups is 1. The van der Waals surface area contributed by atoms with E-state index in [-0.39, 0.29) is 6.03 Å². The van der Waals surface area contributed by atoms with Gasteiger partial charge < -0.3 is 16.0 Å². The zero-order valence-electron chi connectivity index (χ0n) is 11.5. The van der Waals surface area contributed by atoms with E-state index in [0.717, 1.165) is 31.2 Å². The van der Waals surface area contributed by atoms with E-state index >= 15 is 0 Å². The molecule has 1 aromatic rings. The third-order valence-electron chi connectivity index (χ3n) is 3.90. The molecular formula is C15H23N3O. The van der Waals surface area contributed by atoms with E-state index in [1.54, 1.807) is 0 Å². The summed E-state index contributed by atoms with van der Waals surface area (Å²) in [5.41, 5.74) is 7.01. The molecule has 1 aliphatic rings. The minimum atomic E-state index is 0.00400. The Bertz CT molecular complexity index is 399. The van der Waals surface area contributed by atoms with E-state index in [4.69, 9.17) is 5.73 Å². The summed E-state index contributed by atoms with van der Waals surface area (Å²) in [5, 5.41) is 2.96. The first kappa shape index (κ1) is 13.9. The Labute approximate surface area is 115 Å². The summed E-state index contributed by atoms with van der Waals surface area (Å²) in [6, 6.07) is 10.6. The molecular weight excluding hydrogens is 238 g/mol. The predicted octanol–water partition coefficient (Wildman–Crippen LogP) is 2.10. The first-order chi connectivity index (χ1) is 9.16. The highest BCUT2D eigenvalue weighted by atomic mass is 16.2. The lowest BCUT2D eigenvalue weighted by atomic mass is 9.91. The minimum absolute atomic E-state index is 0.00400. The molecule has 0 atom stereocenters. The number of rotatable bonds is 3. The van der Waals surface area contributed by atoms with Crippen LogP contribution < -0.4 is 11.1 Å². The monoisotopic (exact) mass is 261 g/mol. The molecule has 4 nitrogen and oxygen atoms in total. The van der Waals surface area contributed by atoms with Crippen molar-refractivity contribution >= 4 is 6.03 Å². The lowest BCUT2D eigenvalue weighted by Crippen LogP contribution is -2.46. The molecule has 0 aliphatic heterocycles. The Morgan fingerprint density at radius 2 is 1.89 bits per heavy atom. The van der Waals surface area contributed by atoms with Crippen LogP contribution in [0.4, 0.5) is 4.79 Å². The molecule has 0 saturated heterocycles. The van der Waals surface area contributed by atoms with E-state index in [1.807, 2.05) is 42.3 Å². The average molecular weight is 261 g/mol. The molecule has 3 N–H and O–H groups in total. The molecule has 0 radical (unpaired) electrons. The molecule has 2 amide bonds. The zero-order chi connectivity index (χ0) is 13.7. The first-order valence-corrected chi connectivity index (χ1v) is 6.97. The summed E-state index contributed by atoms with van der Waals surface area (Å²) < 4.78 is 0. The standard InChI is InChI=1S/C15H23N3O/c1-18(14-9-7-13(16)8-10-14)15(19)17-11-12-5-3-2-4-6-12/h2-6,13-14H,7-11,16H2,1H3,(H,17,19). The minimum Gasteiger partial charge on any atom is -0.334 e. The van der Waals surface area contributed by atoms with E-state index in [0.29, 0.717) is 18.6 Å². The van der Waals surface area contributed by atoms with Crippen molar-refractivity contribution in [3.63, 3.8) is 0 Å². The van der Waals surface area contributed by atoms with Gasteiger partial charge in [-0.15, -0.1) is 0 Å². The van der Waals surface area contributed by atoms with E-state index in [2.05, 4.69) is 5.32 Å². The van der Waals surface area contributed by atoms with Crippen molar-refractivity contribution in [2.45, 2.75) is 44.3 Å². The number of urea groups is 1. The fraction of sp³-hybridized carbons (Fsp3) is 0.533. The van der Waals surface area contributed by atoms with Crippen LogP contribution in [0.5, 0.6) is 0 Å². The van der Waals surface area contributed by atoms with Gasteiger partial charge in [-0.25, -0.2) is 4.79 Å². The van der Waals surface area contributed by atoms with Crippen LogP contribution in [0.3, 0.4) is 0 Å². The largest absolute Gasteiger partial charge is 0.334 e. The van der Waals surface area contributed by atoms with Crippen molar-refractivity contribution in [3.05, 3.63) is 35.9 Å². The highest BCUT2D eigenvalue weighted by Crippen LogP contribution is 2.21. The van der Waals surface area contributed by atoms with Crippen molar-refractivity contribution in [3.8, 4) is 0 Å². The lowest BCUT2D eigenvalue weighted by Gasteiger charge is -2.33. The highest BCUT2D eigenvalue weighted by Gasteiger charge is 2.24. The molecule has 4 heteroatoms. The van der Waals surface area contributed by atoms with Gasteiger partial charge in [-0.05, 0) is 31.2 Å². The zero-order valence-corrected chi connectivity index (χ0v) is 11.5. The van der Waals surface area contributed by atoms with Crippen LogP contribution in [0, 0.1) is 0 Å². The van der Waals surface area contributed by atoms with Gasteiger partial charge in [-0.1, -0.05) is 30.3 Å². The fourth-order valence-corrected chi connectivity index (χ4v) is 2.55. The van der Waals surface area contributed by atoms with Crippen molar-refractivity contribution in [2.24, 2.45) is 5.73 Å². The van der Waals surface area contributed by atoms with Gasteiger partial charge in [0.05, 0.1) is 0 Å². The average Bonchev–Trinajstić information content (AvgIpc) is 2.46. The van der Waals surface area contributed by atoms with Crippen LogP contribution in [-0.2, 0) is 6.54 Å². The maximum atomic E-state index is 12.1. The number of carbonyl (C=O) groups excluding carboxylic acids is 1. The number of benzene rings is 1. The number of nitrogens with zero attached hydrogens (tertiary/aromatic N) is 1. The van der Waals surface area contributed by atoms with Gasteiger partial charge in [0.1, 0.15) is 0 Å². The Kier molecular flexibility index (Phi) is 4.80.